The lowest BCUT2D eigenvalue weighted by atomic mass is 10.3. The smallest absolute Gasteiger partial charge is 0.347 e. The van der Waals surface area contributed by atoms with E-state index in [1.165, 1.54) is 11.3 Å². The Bertz CT molecular complexity index is 783. The number of hydrogen-bond donors (Lipinski definition) is 0. The molecule has 3 aromatic rings. The maximum atomic E-state index is 12.0. The van der Waals surface area contributed by atoms with Gasteiger partial charge in [-0.2, -0.15) is 0 Å². The third kappa shape index (κ3) is 4.00. The van der Waals surface area contributed by atoms with Gasteiger partial charge in [-0.1, -0.05) is 23.7 Å². The van der Waals surface area contributed by atoms with Crippen LogP contribution in [0, 0.1) is 0 Å². The summed E-state index contributed by atoms with van der Waals surface area (Å²) >= 11 is 7.32. The highest BCUT2D eigenvalue weighted by molar-refractivity contribution is 7.18. The zero-order valence-electron chi connectivity index (χ0n) is 12.4. The molecule has 0 aliphatic carbocycles. The van der Waals surface area contributed by atoms with Crippen LogP contribution < -0.4 is 4.74 Å². The first-order valence-corrected chi connectivity index (χ1v) is 8.24. The van der Waals surface area contributed by atoms with E-state index in [1.54, 1.807) is 31.2 Å². The Kier molecular flexibility index (Phi) is 4.79. The van der Waals surface area contributed by atoms with Crippen molar-refractivity contribution in [1.29, 1.82) is 0 Å². The van der Waals surface area contributed by atoms with Gasteiger partial charge in [-0.15, -0.1) is 11.3 Å². The predicted octanol–water partition coefficient (Wildman–Crippen LogP) is 4.46. The van der Waals surface area contributed by atoms with Gasteiger partial charge in [-0.25, -0.2) is 9.78 Å². The number of carbonyl (C=O) groups is 1. The molecule has 0 fully saturated rings. The Morgan fingerprint density at radius 2 is 1.96 bits per heavy atom. The second-order valence-electron chi connectivity index (χ2n) is 4.90. The van der Waals surface area contributed by atoms with Crippen LogP contribution in [0.3, 0.4) is 0 Å². The van der Waals surface area contributed by atoms with E-state index in [9.17, 15) is 4.79 Å². The molecule has 0 unspecified atom stereocenters. The normalized spacial score (nSPS) is 12.1. The van der Waals surface area contributed by atoms with Crippen molar-refractivity contribution in [1.82, 2.24) is 4.98 Å². The molecular formula is C17H14ClNO3S. The number of fused-ring (bicyclic) bond motifs is 1. The molecule has 23 heavy (non-hydrogen) atoms. The number of halogens is 1. The summed E-state index contributed by atoms with van der Waals surface area (Å²) in [5.41, 5.74) is 0.911. The van der Waals surface area contributed by atoms with Crippen LogP contribution in [0.2, 0.25) is 5.02 Å². The SMILES string of the molecule is C[C@H](Oc1ccc(Cl)cc1)C(=O)OCc1nc2ccccc2s1. The van der Waals surface area contributed by atoms with Crippen molar-refractivity contribution in [2.24, 2.45) is 0 Å². The van der Waals surface area contributed by atoms with Crippen LogP contribution in [-0.2, 0) is 16.1 Å². The Labute approximate surface area is 142 Å². The van der Waals surface area contributed by atoms with Crippen LogP contribution in [0.25, 0.3) is 10.2 Å². The van der Waals surface area contributed by atoms with Gasteiger partial charge in [0.05, 0.1) is 10.2 Å². The molecule has 0 saturated heterocycles. The minimum absolute atomic E-state index is 0.145. The van der Waals surface area contributed by atoms with Gasteiger partial charge in [-0.05, 0) is 43.3 Å². The molecule has 0 saturated carbocycles. The number of carbonyl (C=O) groups excluding carboxylic acids is 1. The van der Waals surface area contributed by atoms with Crippen LogP contribution in [0.1, 0.15) is 11.9 Å². The highest BCUT2D eigenvalue weighted by Gasteiger charge is 2.17. The highest BCUT2D eigenvalue weighted by Crippen LogP contribution is 2.22. The van der Waals surface area contributed by atoms with Crippen molar-refractivity contribution in [3.63, 3.8) is 0 Å². The quantitative estimate of drug-likeness (QED) is 0.639. The van der Waals surface area contributed by atoms with E-state index in [2.05, 4.69) is 4.98 Å². The van der Waals surface area contributed by atoms with E-state index >= 15 is 0 Å². The molecule has 1 atom stereocenters. The van der Waals surface area contributed by atoms with E-state index < -0.39 is 12.1 Å². The summed E-state index contributed by atoms with van der Waals surface area (Å²) in [7, 11) is 0. The largest absolute Gasteiger partial charge is 0.479 e. The van der Waals surface area contributed by atoms with Gasteiger partial charge in [0.15, 0.2) is 6.10 Å². The zero-order chi connectivity index (χ0) is 16.2. The molecule has 3 rings (SSSR count). The van der Waals surface area contributed by atoms with Crippen molar-refractivity contribution in [2.45, 2.75) is 19.6 Å². The molecule has 6 heteroatoms. The van der Waals surface area contributed by atoms with Crippen LogP contribution in [0.15, 0.2) is 48.5 Å². The first kappa shape index (κ1) is 15.8. The van der Waals surface area contributed by atoms with Crippen molar-refractivity contribution in [2.75, 3.05) is 0 Å². The number of nitrogens with zero attached hydrogens (tertiary/aromatic N) is 1. The van der Waals surface area contributed by atoms with Gasteiger partial charge in [-0.3, -0.25) is 0 Å². The summed E-state index contributed by atoms with van der Waals surface area (Å²) in [6.07, 6.45) is -0.703. The number of thiazole rings is 1. The standard InChI is InChI=1S/C17H14ClNO3S/c1-11(22-13-8-6-12(18)7-9-13)17(20)21-10-16-19-14-4-2-3-5-15(14)23-16/h2-9,11H,10H2,1H3/t11-/m0/s1. The molecular weight excluding hydrogens is 334 g/mol. The number of benzene rings is 2. The monoisotopic (exact) mass is 347 g/mol. The van der Waals surface area contributed by atoms with Crippen LogP contribution in [-0.4, -0.2) is 17.1 Å². The van der Waals surface area contributed by atoms with Gasteiger partial charge in [0.2, 0.25) is 0 Å². The number of aromatic nitrogens is 1. The van der Waals surface area contributed by atoms with Crippen LogP contribution >= 0.6 is 22.9 Å². The van der Waals surface area contributed by atoms with Gasteiger partial charge in [0.25, 0.3) is 0 Å². The summed E-state index contributed by atoms with van der Waals surface area (Å²) in [5, 5.41) is 1.38. The van der Waals surface area contributed by atoms with Crippen LogP contribution in [0.4, 0.5) is 0 Å². The van der Waals surface area contributed by atoms with Gasteiger partial charge in [0.1, 0.15) is 17.4 Å². The fourth-order valence-electron chi connectivity index (χ4n) is 2.00. The van der Waals surface area contributed by atoms with Crippen molar-refractivity contribution in [3.05, 3.63) is 58.6 Å². The summed E-state index contributed by atoms with van der Waals surface area (Å²) in [4.78, 5) is 16.4. The van der Waals surface area contributed by atoms with Crippen molar-refractivity contribution in [3.8, 4) is 5.75 Å². The Morgan fingerprint density at radius 3 is 2.70 bits per heavy atom. The average Bonchev–Trinajstić information content (AvgIpc) is 2.97. The van der Waals surface area contributed by atoms with E-state index in [4.69, 9.17) is 21.1 Å². The fourth-order valence-corrected chi connectivity index (χ4v) is 3.00. The van der Waals surface area contributed by atoms with Crippen LogP contribution in [0.5, 0.6) is 5.75 Å². The summed E-state index contributed by atoms with van der Waals surface area (Å²) < 4.78 is 11.9. The number of para-hydroxylation sites is 1. The number of ether oxygens (including phenoxy) is 2. The molecule has 0 bridgehead atoms. The third-order valence-corrected chi connectivity index (χ3v) is 4.40. The second-order valence-corrected chi connectivity index (χ2v) is 6.45. The molecule has 0 aliphatic rings. The molecule has 0 N–H and O–H groups in total. The lowest BCUT2D eigenvalue weighted by Crippen LogP contribution is -2.25. The summed E-state index contributed by atoms with van der Waals surface area (Å²) in [5.74, 6) is 0.137. The predicted molar refractivity (Wildman–Crippen MR) is 91.0 cm³/mol. The molecule has 2 aromatic carbocycles. The molecule has 1 heterocycles. The Hall–Kier alpha value is -2.11. The lowest BCUT2D eigenvalue weighted by molar-refractivity contribution is -0.152. The lowest BCUT2D eigenvalue weighted by Gasteiger charge is -2.13. The van der Waals surface area contributed by atoms with Crippen molar-refractivity contribution < 1.29 is 14.3 Å². The topological polar surface area (TPSA) is 48.4 Å². The summed E-state index contributed by atoms with van der Waals surface area (Å²) in [6, 6.07) is 14.6. The number of hydrogen-bond acceptors (Lipinski definition) is 5. The zero-order valence-corrected chi connectivity index (χ0v) is 13.9. The second kappa shape index (κ2) is 6.98. The van der Waals surface area contributed by atoms with E-state index in [0.29, 0.717) is 10.8 Å². The third-order valence-electron chi connectivity index (χ3n) is 3.13. The first-order valence-electron chi connectivity index (χ1n) is 7.05. The summed E-state index contributed by atoms with van der Waals surface area (Å²) in [6.45, 7) is 1.79. The molecule has 0 aliphatic heterocycles. The minimum Gasteiger partial charge on any atom is -0.479 e. The molecule has 0 radical (unpaired) electrons. The van der Waals surface area contributed by atoms with Gasteiger partial charge < -0.3 is 9.47 Å². The fraction of sp³-hybridized carbons (Fsp3) is 0.176. The number of esters is 1. The number of rotatable bonds is 5. The molecule has 0 amide bonds. The molecule has 1 aromatic heterocycles. The van der Waals surface area contributed by atoms with E-state index in [-0.39, 0.29) is 6.61 Å². The minimum atomic E-state index is -0.703. The molecule has 0 spiro atoms. The molecule has 118 valence electrons. The molecule has 4 nitrogen and oxygen atoms in total. The highest BCUT2D eigenvalue weighted by atomic mass is 35.5. The van der Waals surface area contributed by atoms with E-state index in [0.717, 1.165) is 15.2 Å². The Balaban J connectivity index is 1.56. The Morgan fingerprint density at radius 1 is 1.22 bits per heavy atom. The average molecular weight is 348 g/mol. The van der Waals surface area contributed by atoms with E-state index in [1.807, 2.05) is 24.3 Å². The van der Waals surface area contributed by atoms with Crippen molar-refractivity contribution >= 4 is 39.1 Å². The van der Waals surface area contributed by atoms with Gasteiger partial charge >= 0.3 is 5.97 Å². The first-order chi connectivity index (χ1) is 11.1. The van der Waals surface area contributed by atoms with Gasteiger partial charge in [0, 0.05) is 5.02 Å². The maximum Gasteiger partial charge on any atom is 0.347 e. The maximum absolute atomic E-state index is 12.0.